The van der Waals surface area contributed by atoms with E-state index in [4.69, 9.17) is 16.3 Å². The van der Waals surface area contributed by atoms with Crippen LogP contribution >= 0.6 is 11.6 Å². The average Bonchev–Trinajstić information content (AvgIpc) is 2.14. The van der Waals surface area contributed by atoms with Gasteiger partial charge in [-0.2, -0.15) is 0 Å². The smallest absolute Gasteiger partial charge is 0.333 e. The Morgan fingerprint density at radius 2 is 2.43 bits per heavy atom. The number of cyclic esters (lactones) is 1. The van der Waals surface area contributed by atoms with E-state index in [1.165, 1.54) is 0 Å². The van der Waals surface area contributed by atoms with E-state index >= 15 is 0 Å². The molecule has 80 valence electrons. The molecule has 0 aromatic carbocycles. The molecule has 1 amide bonds. The molecule has 0 bridgehead atoms. The molecular formula is C9H14ClNO3. The van der Waals surface area contributed by atoms with E-state index in [1.54, 1.807) is 0 Å². The van der Waals surface area contributed by atoms with E-state index in [9.17, 15) is 9.59 Å². The summed E-state index contributed by atoms with van der Waals surface area (Å²) < 4.78 is 5.09. The Balaban J connectivity index is 2.65. The number of hydrogen-bond donors (Lipinski definition) is 1. The molecule has 0 aromatic heterocycles. The maximum atomic E-state index is 11.1. The first kappa shape index (κ1) is 11.3. The summed E-state index contributed by atoms with van der Waals surface area (Å²) >= 11 is 5.61. The summed E-state index contributed by atoms with van der Waals surface area (Å²) in [4.78, 5) is 21.3. The zero-order chi connectivity index (χ0) is 10.8. The predicted octanol–water partition coefficient (Wildman–Crippen LogP) is 0.681. The number of rotatable bonds is 5. The molecule has 1 saturated heterocycles. The van der Waals surface area contributed by atoms with E-state index < -0.39 is 11.6 Å². The lowest BCUT2D eigenvalue weighted by Gasteiger charge is -2.48. The maximum absolute atomic E-state index is 11.1. The van der Waals surface area contributed by atoms with Crippen LogP contribution in [0.25, 0.3) is 0 Å². The first-order valence-electron chi connectivity index (χ1n) is 4.54. The number of alkyl halides is 1. The van der Waals surface area contributed by atoms with Gasteiger partial charge in [0, 0.05) is 5.88 Å². The molecule has 1 rings (SSSR count). The molecule has 1 aliphatic heterocycles. The minimum absolute atomic E-state index is 0.134. The van der Waals surface area contributed by atoms with Crippen molar-refractivity contribution in [1.82, 2.24) is 5.32 Å². The summed E-state index contributed by atoms with van der Waals surface area (Å²) in [5.41, 5.74) is -0.604. The van der Waals surface area contributed by atoms with E-state index in [0.717, 1.165) is 6.42 Å². The number of ether oxygens (including phenoxy) is 1. The maximum Gasteiger partial charge on any atom is 0.333 e. The third kappa shape index (κ3) is 1.71. The first-order chi connectivity index (χ1) is 6.56. The van der Waals surface area contributed by atoms with Gasteiger partial charge in [0.25, 0.3) is 0 Å². The van der Waals surface area contributed by atoms with Gasteiger partial charge < -0.3 is 10.1 Å². The lowest BCUT2D eigenvalue weighted by molar-refractivity contribution is -0.208. The van der Waals surface area contributed by atoms with Crippen molar-refractivity contribution in [2.24, 2.45) is 5.92 Å². The molecule has 1 heterocycles. The van der Waals surface area contributed by atoms with Crippen LogP contribution in [0, 0.1) is 5.92 Å². The molecule has 14 heavy (non-hydrogen) atoms. The van der Waals surface area contributed by atoms with Gasteiger partial charge in [-0.1, -0.05) is 6.92 Å². The van der Waals surface area contributed by atoms with Gasteiger partial charge >= 0.3 is 5.97 Å². The van der Waals surface area contributed by atoms with Gasteiger partial charge in [-0.15, -0.1) is 11.6 Å². The van der Waals surface area contributed by atoms with Crippen LogP contribution in [0.4, 0.5) is 0 Å². The van der Waals surface area contributed by atoms with Crippen LogP contribution in [0.1, 0.15) is 20.3 Å². The van der Waals surface area contributed by atoms with Crippen molar-refractivity contribution in [3.05, 3.63) is 0 Å². The summed E-state index contributed by atoms with van der Waals surface area (Å²) in [6.45, 7) is 3.76. The predicted molar refractivity (Wildman–Crippen MR) is 52.0 cm³/mol. The minimum atomic E-state index is -0.604. The number of carbonyl (C=O) groups is 2. The molecule has 1 unspecified atom stereocenters. The van der Waals surface area contributed by atoms with Gasteiger partial charge in [-0.3, -0.25) is 4.79 Å². The number of nitrogens with one attached hydrogen (secondary N) is 1. The third-order valence-electron chi connectivity index (χ3n) is 2.88. The second-order valence-corrected chi connectivity index (χ2v) is 4.08. The fourth-order valence-electron chi connectivity index (χ4n) is 1.65. The number of amides is 1. The molecule has 1 fully saturated rings. The van der Waals surface area contributed by atoms with Crippen LogP contribution in [0.3, 0.4) is 0 Å². The molecule has 0 saturated carbocycles. The summed E-state index contributed by atoms with van der Waals surface area (Å²) in [5, 5.41) is 2.46. The van der Waals surface area contributed by atoms with Crippen molar-refractivity contribution in [3.8, 4) is 0 Å². The molecular weight excluding hydrogens is 206 g/mol. The lowest BCUT2D eigenvalue weighted by Crippen LogP contribution is -2.68. The molecule has 3 atom stereocenters. The highest BCUT2D eigenvalue weighted by Gasteiger charge is 2.56. The zero-order valence-corrected chi connectivity index (χ0v) is 9.00. The lowest BCUT2D eigenvalue weighted by atomic mass is 9.78. The standard InChI is InChI=1S/C9H14ClNO3/c1-6(3-4-10)9(2)7(11-5-12)8(13)14-9/h5-7H,3-4H2,1-2H3,(H,11,12)/t6?,7-,9-/m0/s1. The molecule has 1 N–H and O–H groups in total. The Bertz CT molecular complexity index is 246. The minimum Gasteiger partial charge on any atom is -0.455 e. The van der Waals surface area contributed by atoms with Crippen LogP contribution in [0.5, 0.6) is 0 Å². The highest BCUT2D eigenvalue weighted by molar-refractivity contribution is 6.17. The fourth-order valence-corrected chi connectivity index (χ4v) is 1.97. The summed E-state index contributed by atoms with van der Waals surface area (Å²) in [6.07, 6.45) is 1.28. The van der Waals surface area contributed by atoms with Crippen molar-refractivity contribution in [3.63, 3.8) is 0 Å². The van der Waals surface area contributed by atoms with Gasteiger partial charge in [0.1, 0.15) is 5.60 Å². The fraction of sp³-hybridized carbons (Fsp3) is 0.778. The molecule has 0 radical (unpaired) electrons. The Morgan fingerprint density at radius 3 is 2.86 bits per heavy atom. The Kier molecular flexibility index (Phi) is 3.37. The quantitative estimate of drug-likeness (QED) is 0.420. The van der Waals surface area contributed by atoms with Crippen molar-refractivity contribution < 1.29 is 14.3 Å². The summed E-state index contributed by atoms with van der Waals surface area (Å²) in [7, 11) is 0. The molecule has 4 nitrogen and oxygen atoms in total. The zero-order valence-electron chi connectivity index (χ0n) is 8.25. The summed E-state index contributed by atoms with van der Waals surface area (Å²) in [6, 6.07) is -0.529. The average molecular weight is 220 g/mol. The van der Waals surface area contributed by atoms with E-state index in [0.29, 0.717) is 12.3 Å². The molecule has 0 aliphatic carbocycles. The highest BCUT2D eigenvalue weighted by atomic mass is 35.5. The number of hydrogen-bond acceptors (Lipinski definition) is 3. The largest absolute Gasteiger partial charge is 0.455 e. The van der Waals surface area contributed by atoms with Crippen molar-refractivity contribution in [2.75, 3.05) is 5.88 Å². The van der Waals surface area contributed by atoms with Gasteiger partial charge in [0.2, 0.25) is 6.41 Å². The van der Waals surface area contributed by atoms with Crippen molar-refractivity contribution >= 4 is 24.0 Å². The monoisotopic (exact) mass is 219 g/mol. The Labute approximate surface area is 87.9 Å². The van der Waals surface area contributed by atoms with Gasteiger partial charge in [0.15, 0.2) is 6.04 Å². The van der Waals surface area contributed by atoms with Crippen molar-refractivity contribution in [2.45, 2.75) is 31.9 Å². The van der Waals surface area contributed by atoms with Crippen LogP contribution < -0.4 is 5.32 Å². The van der Waals surface area contributed by atoms with E-state index in [2.05, 4.69) is 5.32 Å². The number of halogens is 1. The molecule has 0 spiro atoms. The Hall–Kier alpha value is -0.770. The van der Waals surface area contributed by atoms with E-state index in [1.807, 2.05) is 13.8 Å². The van der Waals surface area contributed by atoms with Gasteiger partial charge in [0.05, 0.1) is 0 Å². The van der Waals surface area contributed by atoms with Crippen LogP contribution in [-0.2, 0) is 14.3 Å². The Morgan fingerprint density at radius 1 is 1.79 bits per heavy atom. The second-order valence-electron chi connectivity index (χ2n) is 3.70. The van der Waals surface area contributed by atoms with Gasteiger partial charge in [-0.25, -0.2) is 4.79 Å². The normalized spacial score (nSPS) is 32.8. The van der Waals surface area contributed by atoms with Crippen LogP contribution in [0.2, 0.25) is 0 Å². The van der Waals surface area contributed by atoms with Gasteiger partial charge in [-0.05, 0) is 19.3 Å². The van der Waals surface area contributed by atoms with Crippen LogP contribution in [-0.4, -0.2) is 29.9 Å². The van der Waals surface area contributed by atoms with Crippen LogP contribution in [0.15, 0.2) is 0 Å². The second kappa shape index (κ2) is 4.17. The first-order valence-corrected chi connectivity index (χ1v) is 5.08. The molecule has 1 aliphatic rings. The van der Waals surface area contributed by atoms with Crippen molar-refractivity contribution in [1.29, 1.82) is 0 Å². The third-order valence-corrected chi connectivity index (χ3v) is 3.10. The summed E-state index contributed by atoms with van der Waals surface area (Å²) in [5.74, 6) is 0.276. The topological polar surface area (TPSA) is 55.4 Å². The molecule has 5 heteroatoms. The number of carbonyl (C=O) groups excluding carboxylic acids is 2. The molecule has 0 aromatic rings. The number of esters is 1. The van der Waals surface area contributed by atoms with E-state index in [-0.39, 0.29) is 11.9 Å². The SMILES string of the molecule is CC(CCCl)[C@]1(C)OC(=O)[C@@H]1NC=O. The highest BCUT2D eigenvalue weighted by Crippen LogP contribution is 2.36.